The van der Waals surface area contributed by atoms with Crippen molar-refractivity contribution in [3.05, 3.63) is 46.0 Å². The van der Waals surface area contributed by atoms with Crippen molar-refractivity contribution in [1.82, 2.24) is 9.71 Å². The van der Waals surface area contributed by atoms with Gasteiger partial charge in [0.2, 0.25) is 10.2 Å². The average Bonchev–Trinajstić information content (AvgIpc) is 3.52. The second-order valence-corrected chi connectivity index (χ2v) is 11.1. The third-order valence-corrected chi connectivity index (χ3v) is 8.26. The summed E-state index contributed by atoms with van der Waals surface area (Å²) in [7, 11) is -4.06. The Hall–Kier alpha value is -1.77. The number of benzene rings is 1. The van der Waals surface area contributed by atoms with Gasteiger partial charge in [0.05, 0.1) is 16.9 Å². The van der Waals surface area contributed by atoms with Crippen molar-refractivity contribution in [2.45, 2.75) is 67.7 Å². The molecule has 0 atom stereocenters. The van der Waals surface area contributed by atoms with Crippen LogP contribution in [0.3, 0.4) is 0 Å². The van der Waals surface area contributed by atoms with Crippen molar-refractivity contribution >= 4 is 27.3 Å². The van der Waals surface area contributed by atoms with E-state index in [1.165, 1.54) is 17.3 Å². The molecule has 2 N–H and O–H groups in total. The highest BCUT2D eigenvalue weighted by atomic mass is 32.2. The van der Waals surface area contributed by atoms with Crippen LogP contribution in [0.4, 0.5) is 0 Å². The molecule has 1 aromatic carbocycles. The Morgan fingerprint density at radius 2 is 1.79 bits per heavy atom. The molecular formula is C20H24N2O4S2. The van der Waals surface area contributed by atoms with Crippen molar-refractivity contribution in [3.63, 3.8) is 0 Å². The highest BCUT2D eigenvalue weighted by Crippen LogP contribution is 2.47. The summed E-state index contributed by atoms with van der Waals surface area (Å²) in [5.41, 5.74) is 2.19. The Labute approximate surface area is 169 Å². The Balaban J connectivity index is 1.54. The molecule has 4 rings (SSSR count). The van der Waals surface area contributed by atoms with Crippen molar-refractivity contribution in [2.24, 2.45) is 0 Å². The molecule has 0 bridgehead atoms. The van der Waals surface area contributed by atoms with Gasteiger partial charge in [-0.25, -0.2) is 9.71 Å². The molecule has 0 saturated heterocycles. The van der Waals surface area contributed by atoms with E-state index in [2.05, 4.69) is 21.8 Å². The lowest BCUT2D eigenvalue weighted by molar-refractivity contribution is -0.118. The summed E-state index contributed by atoms with van der Waals surface area (Å²) in [5, 5.41) is 10.0. The van der Waals surface area contributed by atoms with Gasteiger partial charge in [0.15, 0.2) is 0 Å². The van der Waals surface area contributed by atoms with Crippen LogP contribution >= 0.6 is 11.3 Å². The zero-order valence-electron chi connectivity index (χ0n) is 15.9. The number of amides is 1. The SMILES string of the molecule is CC(C)(O)c1cnc(S(=O)(=O)NC(=O)Cc2c(C3CC3)cccc2C2CC2)s1. The summed E-state index contributed by atoms with van der Waals surface area (Å²) in [4.78, 5) is 16.9. The highest BCUT2D eigenvalue weighted by molar-refractivity contribution is 7.92. The molecule has 2 aromatic rings. The van der Waals surface area contributed by atoms with Gasteiger partial charge in [0, 0.05) is 6.20 Å². The summed E-state index contributed by atoms with van der Waals surface area (Å²) in [6.45, 7) is 3.12. The Morgan fingerprint density at radius 3 is 2.25 bits per heavy atom. The molecule has 0 unspecified atom stereocenters. The minimum atomic E-state index is -4.06. The summed E-state index contributed by atoms with van der Waals surface area (Å²) in [6, 6.07) is 6.18. The minimum absolute atomic E-state index is 0.0570. The number of aliphatic hydroxyl groups is 1. The van der Waals surface area contributed by atoms with E-state index in [1.54, 1.807) is 13.8 Å². The molecule has 2 aliphatic rings. The van der Waals surface area contributed by atoms with Gasteiger partial charge in [0.25, 0.3) is 10.0 Å². The molecule has 0 aliphatic heterocycles. The van der Waals surface area contributed by atoms with Gasteiger partial charge < -0.3 is 5.11 Å². The number of thiazole rings is 1. The van der Waals surface area contributed by atoms with Gasteiger partial charge in [-0.15, -0.1) is 11.3 Å². The first-order chi connectivity index (χ1) is 13.1. The van der Waals surface area contributed by atoms with E-state index in [1.807, 2.05) is 6.07 Å². The van der Waals surface area contributed by atoms with Crippen molar-refractivity contribution in [2.75, 3.05) is 0 Å². The lowest BCUT2D eigenvalue weighted by Gasteiger charge is -2.14. The molecule has 0 radical (unpaired) electrons. The monoisotopic (exact) mass is 420 g/mol. The molecule has 2 aliphatic carbocycles. The number of carbonyl (C=O) groups is 1. The fourth-order valence-electron chi connectivity index (χ4n) is 3.44. The fourth-order valence-corrected chi connectivity index (χ4v) is 5.57. The topological polar surface area (TPSA) is 96.4 Å². The quantitative estimate of drug-likeness (QED) is 0.717. The van der Waals surface area contributed by atoms with E-state index < -0.39 is 21.5 Å². The summed E-state index contributed by atoms with van der Waals surface area (Å²) >= 11 is 0.867. The van der Waals surface area contributed by atoms with Crippen LogP contribution in [-0.2, 0) is 26.8 Å². The number of nitrogens with one attached hydrogen (secondary N) is 1. The zero-order chi connectivity index (χ0) is 20.1. The van der Waals surface area contributed by atoms with E-state index in [9.17, 15) is 18.3 Å². The number of sulfonamides is 1. The van der Waals surface area contributed by atoms with Crippen LogP contribution in [0.1, 0.15) is 72.9 Å². The second-order valence-electron chi connectivity index (χ2n) is 8.22. The first-order valence-corrected chi connectivity index (χ1v) is 11.8. The molecule has 150 valence electrons. The number of rotatable bonds is 7. The number of aromatic nitrogens is 1. The highest BCUT2D eigenvalue weighted by Gasteiger charge is 2.33. The van der Waals surface area contributed by atoms with Gasteiger partial charge in [-0.1, -0.05) is 18.2 Å². The average molecular weight is 421 g/mol. The molecule has 1 amide bonds. The molecule has 28 heavy (non-hydrogen) atoms. The van der Waals surface area contributed by atoms with Gasteiger partial charge in [-0.3, -0.25) is 4.79 Å². The number of hydrogen-bond acceptors (Lipinski definition) is 6. The molecule has 1 aromatic heterocycles. The standard InChI is InChI=1S/C20H24N2O4S2/c1-20(2,24)17-11-21-19(27-17)28(25,26)22-18(23)10-16-14(12-6-7-12)4-3-5-15(16)13-8-9-13/h3-5,11-13,24H,6-10H2,1-2H3,(H,22,23). The molecular weight excluding hydrogens is 396 g/mol. The van der Waals surface area contributed by atoms with Crippen LogP contribution < -0.4 is 4.72 Å². The second kappa shape index (κ2) is 6.93. The van der Waals surface area contributed by atoms with Crippen LogP contribution in [-0.4, -0.2) is 24.4 Å². The number of hydrogen-bond donors (Lipinski definition) is 2. The van der Waals surface area contributed by atoms with Crippen LogP contribution in [0, 0.1) is 0 Å². The number of nitrogens with zero attached hydrogens (tertiary/aromatic N) is 1. The summed E-state index contributed by atoms with van der Waals surface area (Å²) in [5.74, 6) is 0.438. The minimum Gasteiger partial charge on any atom is -0.385 e. The van der Waals surface area contributed by atoms with Gasteiger partial charge in [0.1, 0.15) is 0 Å². The molecule has 1 heterocycles. The van der Waals surface area contributed by atoms with Crippen LogP contribution in [0.5, 0.6) is 0 Å². The van der Waals surface area contributed by atoms with Gasteiger partial charge >= 0.3 is 0 Å². The normalized spacial score (nSPS) is 17.5. The van der Waals surface area contributed by atoms with Crippen molar-refractivity contribution in [3.8, 4) is 0 Å². The molecule has 8 heteroatoms. The first-order valence-electron chi connectivity index (χ1n) is 9.51. The third-order valence-electron chi connectivity index (χ3n) is 5.19. The number of carbonyl (C=O) groups excluding carboxylic acids is 1. The lowest BCUT2D eigenvalue weighted by Crippen LogP contribution is -2.32. The third kappa shape index (κ3) is 4.14. The maximum atomic E-state index is 12.6. The van der Waals surface area contributed by atoms with Crippen molar-refractivity contribution < 1.29 is 18.3 Å². The Bertz CT molecular complexity index is 983. The predicted octanol–water partition coefficient (Wildman–Crippen LogP) is 3.17. The molecule has 2 saturated carbocycles. The molecule has 2 fully saturated rings. The van der Waals surface area contributed by atoms with Crippen LogP contribution in [0.2, 0.25) is 0 Å². The van der Waals surface area contributed by atoms with Crippen LogP contribution in [0.15, 0.2) is 28.7 Å². The Kier molecular flexibility index (Phi) is 4.84. The first kappa shape index (κ1) is 19.5. The Morgan fingerprint density at radius 1 is 1.21 bits per heavy atom. The van der Waals surface area contributed by atoms with E-state index in [0.29, 0.717) is 16.7 Å². The van der Waals surface area contributed by atoms with E-state index in [4.69, 9.17) is 0 Å². The predicted molar refractivity (Wildman–Crippen MR) is 107 cm³/mol. The smallest absolute Gasteiger partial charge is 0.291 e. The van der Waals surface area contributed by atoms with Gasteiger partial charge in [-0.2, -0.15) is 8.42 Å². The van der Waals surface area contributed by atoms with E-state index in [0.717, 1.165) is 42.6 Å². The zero-order valence-corrected chi connectivity index (χ0v) is 17.6. The van der Waals surface area contributed by atoms with E-state index >= 15 is 0 Å². The lowest BCUT2D eigenvalue weighted by atomic mass is 9.92. The largest absolute Gasteiger partial charge is 0.385 e. The van der Waals surface area contributed by atoms with Crippen LogP contribution in [0.25, 0.3) is 0 Å². The van der Waals surface area contributed by atoms with Crippen molar-refractivity contribution in [1.29, 1.82) is 0 Å². The summed E-state index contributed by atoms with van der Waals surface area (Å²) < 4.78 is 27.1. The molecule has 6 nitrogen and oxygen atoms in total. The maximum Gasteiger partial charge on any atom is 0.291 e. The van der Waals surface area contributed by atoms with E-state index in [-0.39, 0.29) is 10.8 Å². The fraction of sp³-hybridized carbons (Fsp3) is 0.500. The van der Waals surface area contributed by atoms with Gasteiger partial charge in [-0.05, 0) is 68.1 Å². The maximum absolute atomic E-state index is 12.6. The summed E-state index contributed by atoms with van der Waals surface area (Å²) in [6.07, 6.45) is 5.89. The molecule has 0 spiro atoms.